The molecule has 2 fully saturated rings. The summed E-state index contributed by atoms with van der Waals surface area (Å²) in [6.45, 7) is 5.34. The average Bonchev–Trinajstić information content (AvgIpc) is 3.28. The third-order valence-electron chi connectivity index (χ3n) is 6.74. The molecule has 3 aliphatic rings. The van der Waals surface area contributed by atoms with E-state index in [0.717, 1.165) is 5.56 Å². The maximum Gasteiger partial charge on any atom is 0.250 e. The minimum Gasteiger partial charge on any atom is -0.508 e. The molecule has 0 bridgehead atoms. The number of phenolic OH excluding ortho intramolecular Hbond substituents is 1. The minimum atomic E-state index is -1.53. The average molecular weight is 437 g/mol. The lowest BCUT2D eigenvalue weighted by Gasteiger charge is -2.34. The zero-order chi connectivity index (χ0) is 23.0. The van der Waals surface area contributed by atoms with Gasteiger partial charge in [-0.1, -0.05) is 12.1 Å². The third kappa shape index (κ3) is 2.72. The van der Waals surface area contributed by atoms with Crippen LogP contribution in [0.4, 0.5) is 10.1 Å². The second-order valence-corrected chi connectivity index (χ2v) is 9.76. The van der Waals surface area contributed by atoms with E-state index in [1.165, 1.54) is 23.1 Å². The van der Waals surface area contributed by atoms with E-state index in [4.69, 9.17) is 0 Å². The number of benzene rings is 2. The van der Waals surface area contributed by atoms with Gasteiger partial charge in [0.2, 0.25) is 17.7 Å². The molecule has 32 heavy (non-hydrogen) atoms. The number of phenols is 1. The van der Waals surface area contributed by atoms with Gasteiger partial charge in [0, 0.05) is 22.8 Å². The molecular formula is C24H24FN3O4. The number of anilines is 1. The van der Waals surface area contributed by atoms with Gasteiger partial charge in [0.1, 0.15) is 17.1 Å². The first-order valence-corrected chi connectivity index (χ1v) is 10.6. The molecule has 3 heterocycles. The molecule has 0 unspecified atom stereocenters. The normalized spacial score (nSPS) is 28.9. The fourth-order valence-corrected chi connectivity index (χ4v) is 5.50. The maximum atomic E-state index is 14.2. The van der Waals surface area contributed by atoms with Crippen molar-refractivity contribution in [3.8, 4) is 5.75 Å². The van der Waals surface area contributed by atoms with Crippen LogP contribution in [0.3, 0.4) is 0 Å². The van der Waals surface area contributed by atoms with Crippen LogP contribution < -0.4 is 10.6 Å². The summed E-state index contributed by atoms with van der Waals surface area (Å²) in [5, 5.41) is 15.7. The number of likely N-dealkylation sites (tertiary alicyclic amines) is 1. The molecule has 4 atom stereocenters. The van der Waals surface area contributed by atoms with Crippen LogP contribution in [-0.4, -0.2) is 39.3 Å². The van der Waals surface area contributed by atoms with Crippen LogP contribution >= 0.6 is 0 Å². The number of amides is 3. The Morgan fingerprint density at radius 1 is 1.06 bits per heavy atom. The molecule has 3 amide bonds. The van der Waals surface area contributed by atoms with E-state index >= 15 is 0 Å². The number of carbonyl (C=O) groups is 3. The number of hydrogen-bond donors (Lipinski definition) is 3. The third-order valence-corrected chi connectivity index (χ3v) is 6.74. The molecule has 0 aromatic heterocycles. The Labute approximate surface area is 184 Å². The van der Waals surface area contributed by atoms with Crippen molar-refractivity contribution in [1.29, 1.82) is 0 Å². The number of nitrogens with one attached hydrogen (secondary N) is 2. The van der Waals surface area contributed by atoms with Crippen LogP contribution in [0.5, 0.6) is 5.75 Å². The SMILES string of the molecule is CC(C)(C)N1C(=O)[C@H]2[C@H](Cc3ccc(O)cc3)N[C@@]3(C(=O)Nc4ccc(F)cc43)[C@@H]2C1=O. The number of nitrogens with zero attached hydrogens (tertiary/aromatic N) is 1. The van der Waals surface area contributed by atoms with Crippen LogP contribution in [0.15, 0.2) is 42.5 Å². The molecule has 0 saturated carbocycles. The van der Waals surface area contributed by atoms with Gasteiger partial charge in [0.05, 0.1) is 11.8 Å². The number of imide groups is 1. The van der Waals surface area contributed by atoms with E-state index in [2.05, 4.69) is 10.6 Å². The lowest BCUT2D eigenvalue weighted by atomic mass is 9.76. The van der Waals surface area contributed by atoms with E-state index < -0.39 is 46.6 Å². The number of carbonyl (C=O) groups excluding carboxylic acids is 3. The van der Waals surface area contributed by atoms with Gasteiger partial charge >= 0.3 is 0 Å². The molecule has 7 nitrogen and oxygen atoms in total. The smallest absolute Gasteiger partial charge is 0.250 e. The van der Waals surface area contributed by atoms with Gasteiger partial charge in [-0.25, -0.2) is 4.39 Å². The van der Waals surface area contributed by atoms with E-state index in [0.29, 0.717) is 17.7 Å². The summed E-state index contributed by atoms with van der Waals surface area (Å²) in [5.41, 5.74) is -0.674. The van der Waals surface area contributed by atoms with Crippen molar-refractivity contribution in [3.05, 3.63) is 59.4 Å². The van der Waals surface area contributed by atoms with E-state index in [1.807, 2.05) is 0 Å². The number of fused-ring (bicyclic) bond motifs is 4. The highest BCUT2D eigenvalue weighted by Gasteiger charge is 2.71. The summed E-state index contributed by atoms with van der Waals surface area (Å²) in [6, 6.07) is 10.0. The first kappa shape index (κ1) is 20.6. The number of halogens is 1. The summed E-state index contributed by atoms with van der Waals surface area (Å²) in [7, 11) is 0. The standard InChI is InChI=1S/C24H24FN3O4/c1-23(2,3)28-20(30)18-17(10-12-4-7-14(29)8-5-12)27-24(19(18)21(28)31)15-11-13(25)6-9-16(15)26-22(24)32/h4-9,11,17-19,27,29H,10H2,1-3H3,(H,26,32)/t17-,18-,19-,24+/m0/s1. The Balaban J connectivity index is 1.66. The van der Waals surface area contributed by atoms with E-state index in [-0.39, 0.29) is 11.7 Å². The highest BCUT2D eigenvalue weighted by molar-refractivity contribution is 6.15. The Bertz CT molecular complexity index is 1160. The summed E-state index contributed by atoms with van der Waals surface area (Å²) >= 11 is 0. The highest BCUT2D eigenvalue weighted by atomic mass is 19.1. The van der Waals surface area contributed by atoms with E-state index in [9.17, 15) is 23.9 Å². The Morgan fingerprint density at radius 3 is 2.41 bits per heavy atom. The maximum absolute atomic E-state index is 14.2. The van der Waals surface area contributed by atoms with Crippen LogP contribution in [0.1, 0.15) is 31.9 Å². The number of hydrogen-bond acceptors (Lipinski definition) is 5. The molecule has 3 aliphatic heterocycles. The molecular weight excluding hydrogens is 413 g/mol. The van der Waals surface area contributed by atoms with Crippen molar-refractivity contribution in [2.45, 2.75) is 44.3 Å². The molecule has 5 rings (SSSR count). The summed E-state index contributed by atoms with van der Waals surface area (Å²) in [4.78, 5) is 41.8. The molecule has 2 saturated heterocycles. The second-order valence-electron chi connectivity index (χ2n) is 9.76. The van der Waals surface area contributed by atoms with Crippen LogP contribution in [0.2, 0.25) is 0 Å². The molecule has 3 N–H and O–H groups in total. The largest absolute Gasteiger partial charge is 0.508 e. The predicted molar refractivity (Wildman–Crippen MR) is 114 cm³/mol. The van der Waals surface area contributed by atoms with Gasteiger partial charge in [0.15, 0.2) is 0 Å². The predicted octanol–water partition coefficient (Wildman–Crippen LogP) is 2.29. The van der Waals surface area contributed by atoms with Gasteiger partial charge in [-0.2, -0.15) is 0 Å². The Kier molecular flexibility index (Phi) is 4.27. The lowest BCUT2D eigenvalue weighted by Crippen LogP contribution is -2.56. The van der Waals surface area contributed by atoms with Gasteiger partial charge in [-0.05, 0) is 63.1 Å². The molecule has 0 aliphatic carbocycles. The zero-order valence-corrected chi connectivity index (χ0v) is 18.0. The Hall–Kier alpha value is -3.26. The first-order valence-electron chi connectivity index (χ1n) is 10.6. The zero-order valence-electron chi connectivity index (χ0n) is 18.0. The highest BCUT2D eigenvalue weighted by Crippen LogP contribution is 2.54. The summed E-state index contributed by atoms with van der Waals surface area (Å²) < 4.78 is 14.2. The van der Waals surface area contributed by atoms with Crippen molar-refractivity contribution < 1.29 is 23.9 Å². The van der Waals surface area contributed by atoms with Crippen molar-refractivity contribution in [2.24, 2.45) is 11.8 Å². The fraction of sp³-hybridized carbons (Fsp3) is 0.375. The first-order chi connectivity index (χ1) is 15.0. The quantitative estimate of drug-likeness (QED) is 0.627. The van der Waals surface area contributed by atoms with Gasteiger partial charge in [-0.15, -0.1) is 0 Å². The van der Waals surface area contributed by atoms with Crippen molar-refractivity contribution in [1.82, 2.24) is 10.2 Å². The summed E-state index contributed by atoms with van der Waals surface area (Å²) in [6.07, 6.45) is 0.359. The topological polar surface area (TPSA) is 98.7 Å². The second kappa shape index (κ2) is 6.62. The van der Waals surface area contributed by atoms with Crippen LogP contribution in [0.25, 0.3) is 0 Å². The number of aromatic hydroxyl groups is 1. The summed E-state index contributed by atoms with van der Waals surface area (Å²) in [5.74, 6) is -3.40. The monoisotopic (exact) mass is 437 g/mol. The van der Waals surface area contributed by atoms with Crippen molar-refractivity contribution in [3.63, 3.8) is 0 Å². The molecule has 0 radical (unpaired) electrons. The van der Waals surface area contributed by atoms with Gasteiger partial charge in [0.25, 0.3) is 0 Å². The van der Waals surface area contributed by atoms with Crippen LogP contribution in [-0.2, 0) is 26.3 Å². The Morgan fingerprint density at radius 2 is 1.75 bits per heavy atom. The van der Waals surface area contributed by atoms with Gasteiger partial charge < -0.3 is 10.4 Å². The van der Waals surface area contributed by atoms with E-state index in [1.54, 1.807) is 45.0 Å². The molecule has 8 heteroatoms. The number of rotatable bonds is 2. The molecule has 166 valence electrons. The van der Waals surface area contributed by atoms with Crippen molar-refractivity contribution >= 4 is 23.4 Å². The lowest BCUT2D eigenvalue weighted by molar-refractivity contribution is -0.147. The molecule has 1 spiro atoms. The van der Waals surface area contributed by atoms with Gasteiger partial charge in [-0.3, -0.25) is 24.6 Å². The van der Waals surface area contributed by atoms with Crippen molar-refractivity contribution in [2.75, 3.05) is 5.32 Å². The fourth-order valence-electron chi connectivity index (χ4n) is 5.50. The molecule has 2 aromatic carbocycles. The van der Waals surface area contributed by atoms with Crippen LogP contribution in [0, 0.1) is 17.7 Å². The molecule has 2 aromatic rings. The minimum absolute atomic E-state index is 0.119.